The Bertz CT molecular complexity index is 604. The molecule has 5 aliphatic rings. The summed E-state index contributed by atoms with van der Waals surface area (Å²) in [6.45, 7) is 11.9. The molecule has 0 saturated heterocycles. The standard InChI is InChI=1S/C28H46.C2H6.H2/c1-20(19-21-10-11-21)7-6-9-23-13-15-25-24-14-12-22-8-4-5-17-27(22,2)26(24)16-18-28(23,25)3;1-2;/h12,20-21,23-26H,4-11,13-19H2,1-3H3;1-2H3;1H. The summed E-state index contributed by atoms with van der Waals surface area (Å²) in [5, 5.41) is 0. The van der Waals surface area contributed by atoms with Crippen LogP contribution in [-0.2, 0) is 0 Å². The van der Waals surface area contributed by atoms with Gasteiger partial charge in [-0.3, -0.25) is 0 Å². The van der Waals surface area contributed by atoms with E-state index in [9.17, 15) is 0 Å². The van der Waals surface area contributed by atoms with Crippen molar-refractivity contribution in [3.63, 3.8) is 0 Å². The van der Waals surface area contributed by atoms with E-state index in [1.807, 2.05) is 19.4 Å². The highest BCUT2D eigenvalue weighted by atomic mass is 14.6. The fourth-order valence-electron chi connectivity index (χ4n) is 9.03. The molecule has 0 bridgehead atoms. The minimum absolute atomic E-state index is 0. The average molecular weight is 415 g/mol. The van der Waals surface area contributed by atoms with E-state index in [-0.39, 0.29) is 1.43 Å². The SMILES string of the molecule is CC.CC(CCCC1CCC2C3CC=C4CCCCC4(C)C3CCC12C)CC1CC1.[HH]. The molecule has 0 heteroatoms. The van der Waals surface area contributed by atoms with Gasteiger partial charge in [-0.2, -0.15) is 0 Å². The lowest BCUT2D eigenvalue weighted by molar-refractivity contribution is -0.0426. The molecule has 0 nitrogen and oxygen atoms in total. The molecule has 0 aliphatic heterocycles. The second-order valence-electron chi connectivity index (χ2n) is 12.5. The second kappa shape index (κ2) is 9.31. The van der Waals surface area contributed by atoms with Crippen molar-refractivity contribution in [1.29, 1.82) is 0 Å². The summed E-state index contributed by atoms with van der Waals surface area (Å²) in [5.41, 5.74) is 3.14. The molecule has 0 spiro atoms. The highest BCUT2D eigenvalue weighted by Crippen LogP contribution is 2.66. The van der Waals surface area contributed by atoms with Crippen LogP contribution in [-0.4, -0.2) is 0 Å². The Kier molecular flexibility index (Phi) is 7.11. The van der Waals surface area contributed by atoms with Gasteiger partial charge in [0.1, 0.15) is 0 Å². The largest absolute Gasteiger partial charge is 0.0845 e. The first-order valence-electron chi connectivity index (χ1n) is 14.2. The minimum atomic E-state index is 0. The molecule has 0 aromatic heterocycles. The molecule has 174 valence electrons. The van der Waals surface area contributed by atoms with Crippen LogP contribution in [0, 0.1) is 46.3 Å². The van der Waals surface area contributed by atoms with Gasteiger partial charge >= 0.3 is 0 Å². The van der Waals surface area contributed by atoms with Crippen LogP contribution in [0.2, 0.25) is 0 Å². The van der Waals surface area contributed by atoms with Crippen molar-refractivity contribution >= 4 is 0 Å². The van der Waals surface area contributed by atoms with Crippen LogP contribution >= 0.6 is 0 Å². The summed E-state index contributed by atoms with van der Waals surface area (Å²) < 4.78 is 0. The lowest BCUT2D eigenvalue weighted by atomic mass is 9.47. The van der Waals surface area contributed by atoms with Crippen molar-refractivity contribution in [2.45, 2.75) is 131 Å². The van der Waals surface area contributed by atoms with Gasteiger partial charge in [-0.25, -0.2) is 0 Å². The lowest BCUT2D eigenvalue weighted by Crippen LogP contribution is -2.49. The van der Waals surface area contributed by atoms with E-state index in [4.69, 9.17) is 0 Å². The topological polar surface area (TPSA) is 0 Å². The van der Waals surface area contributed by atoms with E-state index in [1.165, 1.54) is 70.6 Å². The summed E-state index contributed by atoms with van der Waals surface area (Å²) >= 11 is 0. The van der Waals surface area contributed by atoms with Gasteiger partial charge < -0.3 is 0 Å². The molecule has 7 atom stereocenters. The van der Waals surface area contributed by atoms with Gasteiger partial charge in [-0.05, 0) is 111 Å². The Morgan fingerprint density at radius 3 is 2.57 bits per heavy atom. The molecule has 4 saturated carbocycles. The number of hydrogen-bond acceptors (Lipinski definition) is 0. The molecule has 0 amide bonds. The first-order chi connectivity index (χ1) is 14.5. The molecule has 0 N–H and O–H groups in total. The van der Waals surface area contributed by atoms with Gasteiger partial charge in [0, 0.05) is 1.43 Å². The highest BCUT2D eigenvalue weighted by Gasteiger charge is 2.57. The summed E-state index contributed by atoms with van der Waals surface area (Å²) in [7, 11) is 0. The average Bonchev–Trinajstić information content (AvgIpc) is 3.49. The second-order valence-corrected chi connectivity index (χ2v) is 12.5. The number of allylic oxidation sites excluding steroid dienone is 2. The van der Waals surface area contributed by atoms with E-state index < -0.39 is 0 Å². The fourth-order valence-corrected chi connectivity index (χ4v) is 9.03. The monoisotopic (exact) mass is 414 g/mol. The van der Waals surface area contributed by atoms with E-state index >= 15 is 0 Å². The van der Waals surface area contributed by atoms with Crippen LogP contribution in [0.15, 0.2) is 11.6 Å². The van der Waals surface area contributed by atoms with Gasteiger partial charge in [0.15, 0.2) is 0 Å². The minimum Gasteiger partial charge on any atom is -0.0845 e. The van der Waals surface area contributed by atoms with Crippen molar-refractivity contribution in [1.82, 2.24) is 0 Å². The van der Waals surface area contributed by atoms with Crippen LogP contribution < -0.4 is 0 Å². The van der Waals surface area contributed by atoms with E-state index in [0.717, 1.165) is 35.5 Å². The Labute approximate surface area is 190 Å². The lowest BCUT2D eigenvalue weighted by Gasteiger charge is -2.57. The molecule has 0 aromatic rings. The summed E-state index contributed by atoms with van der Waals surface area (Å²) in [6.07, 6.45) is 25.4. The summed E-state index contributed by atoms with van der Waals surface area (Å²) in [5.74, 6) is 6.21. The molecule has 4 fully saturated rings. The predicted octanol–water partition coefficient (Wildman–Crippen LogP) is 9.83. The maximum absolute atomic E-state index is 2.75. The predicted molar refractivity (Wildman–Crippen MR) is 134 cm³/mol. The van der Waals surface area contributed by atoms with E-state index in [1.54, 1.807) is 25.7 Å². The van der Waals surface area contributed by atoms with Gasteiger partial charge in [0.2, 0.25) is 0 Å². The van der Waals surface area contributed by atoms with Crippen LogP contribution in [0.3, 0.4) is 0 Å². The van der Waals surface area contributed by atoms with Crippen molar-refractivity contribution in [2.24, 2.45) is 46.3 Å². The molecule has 7 unspecified atom stereocenters. The molecule has 0 aromatic carbocycles. The molecule has 0 radical (unpaired) electrons. The third-order valence-corrected chi connectivity index (χ3v) is 10.9. The van der Waals surface area contributed by atoms with Crippen molar-refractivity contribution in [2.75, 3.05) is 0 Å². The zero-order valence-electron chi connectivity index (χ0n) is 21.1. The normalized spacial score (nSPS) is 43.4. The van der Waals surface area contributed by atoms with Crippen LogP contribution in [0.5, 0.6) is 0 Å². The van der Waals surface area contributed by atoms with Crippen molar-refractivity contribution in [3.8, 4) is 0 Å². The number of rotatable bonds is 6. The van der Waals surface area contributed by atoms with Gasteiger partial charge in [0.05, 0.1) is 0 Å². The van der Waals surface area contributed by atoms with Crippen LogP contribution in [0.25, 0.3) is 0 Å². The van der Waals surface area contributed by atoms with Crippen molar-refractivity contribution < 1.29 is 1.43 Å². The molecule has 5 rings (SSSR count). The van der Waals surface area contributed by atoms with Gasteiger partial charge in [-0.1, -0.05) is 78.4 Å². The highest BCUT2D eigenvalue weighted by molar-refractivity contribution is 5.24. The number of hydrogen-bond donors (Lipinski definition) is 0. The molecule has 30 heavy (non-hydrogen) atoms. The Balaban J connectivity index is 0.000000883. The number of fused-ring (bicyclic) bond motifs is 5. The maximum atomic E-state index is 2.75. The van der Waals surface area contributed by atoms with E-state index in [0.29, 0.717) is 10.8 Å². The molecule has 5 aliphatic carbocycles. The van der Waals surface area contributed by atoms with Crippen LogP contribution in [0.4, 0.5) is 0 Å². The smallest absolute Gasteiger partial charge is 0 e. The maximum Gasteiger partial charge on any atom is 0 e. The summed E-state index contributed by atoms with van der Waals surface area (Å²) in [6, 6.07) is 0. The van der Waals surface area contributed by atoms with Gasteiger partial charge in [0.25, 0.3) is 0 Å². The third-order valence-electron chi connectivity index (χ3n) is 10.9. The zero-order chi connectivity index (χ0) is 21.4. The first kappa shape index (κ1) is 22.9. The van der Waals surface area contributed by atoms with Crippen molar-refractivity contribution in [3.05, 3.63) is 11.6 Å². The van der Waals surface area contributed by atoms with Crippen LogP contribution in [0.1, 0.15) is 132 Å². The quantitative estimate of drug-likeness (QED) is 0.379. The molecule has 0 heterocycles. The Morgan fingerprint density at radius 2 is 1.80 bits per heavy atom. The summed E-state index contributed by atoms with van der Waals surface area (Å²) in [4.78, 5) is 0. The third kappa shape index (κ3) is 4.20. The molecular weight excluding hydrogens is 360 g/mol. The Hall–Kier alpha value is -0.260. The first-order valence-corrected chi connectivity index (χ1v) is 14.2. The Morgan fingerprint density at radius 1 is 1.00 bits per heavy atom. The fraction of sp³-hybridized carbons (Fsp3) is 0.933. The molecular formula is C30H54. The zero-order valence-corrected chi connectivity index (χ0v) is 21.1. The van der Waals surface area contributed by atoms with E-state index in [2.05, 4.69) is 26.8 Å². The van der Waals surface area contributed by atoms with Gasteiger partial charge in [-0.15, -0.1) is 0 Å².